The van der Waals surface area contributed by atoms with E-state index in [-0.39, 0.29) is 12.2 Å². The number of hydrogen-bond acceptors (Lipinski definition) is 5. The number of nitrogen functional groups attached to an aromatic ring is 1. The Hall–Kier alpha value is -2.86. The summed E-state index contributed by atoms with van der Waals surface area (Å²) < 4.78 is 59.6. The van der Waals surface area contributed by atoms with Crippen molar-refractivity contribution < 1.29 is 22.3 Å². The van der Waals surface area contributed by atoms with Gasteiger partial charge < -0.3 is 10.2 Å². The number of halogens is 4. The number of nitrogens with zero attached hydrogens (tertiary/aromatic N) is 2. The molecule has 1 aromatic heterocycles. The molecule has 0 amide bonds. The van der Waals surface area contributed by atoms with E-state index in [1.54, 1.807) is 13.0 Å². The summed E-state index contributed by atoms with van der Waals surface area (Å²) in [4.78, 5) is 3.58. The van der Waals surface area contributed by atoms with Crippen LogP contribution >= 0.6 is 0 Å². The minimum Gasteiger partial charge on any atom is -0.490 e. The SMILES string of the molecule is Cc1cc(F)cc(C2(CC#N)CC(Oc3ccnc(NN)c3C(F)(F)F)C2)c1. The topological polar surface area (TPSA) is 84.0 Å². The number of nitriles is 1. The van der Waals surface area contributed by atoms with Crippen LogP contribution in [0.2, 0.25) is 0 Å². The molecular weight excluding hydrogens is 376 g/mol. The molecule has 0 aliphatic heterocycles. The normalized spacial score (nSPS) is 21.5. The van der Waals surface area contributed by atoms with Gasteiger partial charge in [0.05, 0.1) is 6.07 Å². The molecule has 1 aliphatic rings. The Bertz CT molecular complexity index is 897. The summed E-state index contributed by atoms with van der Waals surface area (Å²) in [6.07, 6.45) is -3.38. The number of benzene rings is 1. The van der Waals surface area contributed by atoms with E-state index in [1.807, 2.05) is 5.43 Å². The van der Waals surface area contributed by atoms with Gasteiger partial charge in [0, 0.05) is 18.0 Å². The Morgan fingerprint density at radius 2 is 2.07 bits per heavy atom. The highest BCUT2D eigenvalue weighted by molar-refractivity contribution is 5.53. The van der Waals surface area contributed by atoms with Crippen LogP contribution in [0.25, 0.3) is 0 Å². The van der Waals surface area contributed by atoms with E-state index in [4.69, 9.17) is 10.6 Å². The van der Waals surface area contributed by atoms with E-state index in [1.165, 1.54) is 12.1 Å². The highest BCUT2D eigenvalue weighted by Gasteiger charge is 2.48. The van der Waals surface area contributed by atoms with Gasteiger partial charge in [-0.15, -0.1) is 0 Å². The standard InChI is InChI=1S/C19H18F4N4O/c1-11-6-12(8-13(20)7-11)18(3-4-24)9-14(10-18)28-15-2-5-26-17(27-25)16(15)19(21,22)23/h2,5-8,14H,3,9-10,25H2,1H3,(H,26,27). The van der Waals surface area contributed by atoms with E-state index in [0.29, 0.717) is 24.0 Å². The maximum Gasteiger partial charge on any atom is 0.423 e. The molecule has 0 spiro atoms. The van der Waals surface area contributed by atoms with E-state index >= 15 is 0 Å². The van der Waals surface area contributed by atoms with Crippen molar-refractivity contribution in [3.8, 4) is 11.8 Å². The Morgan fingerprint density at radius 3 is 2.64 bits per heavy atom. The van der Waals surface area contributed by atoms with E-state index in [9.17, 15) is 22.8 Å². The smallest absolute Gasteiger partial charge is 0.423 e. The third-order valence-corrected chi connectivity index (χ3v) is 4.94. The lowest BCUT2D eigenvalue weighted by Gasteiger charge is -2.47. The zero-order valence-corrected chi connectivity index (χ0v) is 15.0. The quantitative estimate of drug-likeness (QED) is 0.451. The Kier molecular flexibility index (Phi) is 5.17. The van der Waals surface area contributed by atoms with Crippen molar-refractivity contribution in [3.63, 3.8) is 0 Å². The molecule has 0 bridgehead atoms. The largest absolute Gasteiger partial charge is 0.490 e. The van der Waals surface area contributed by atoms with Crippen molar-refractivity contribution in [1.29, 1.82) is 5.26 Å². The summed E-state index contributed by atoms with van der Waals surface area (Å²) in [6, 6.07) is 7.75. The fourth-order valence-corrected chi connectivity index (χ4v) is 3.68. The second kappa shape index (κ2) is 7.28. The number of nitrogens with one attached hydrogen (secondary N) is 1. The van der Waals surface area contributed by atoms with Crippen molar-refractivity contribution in [3.05, 3.63) is 53.0 Å². The summed E-state index contributed by atoms with van der Waals surface area (Å²) in [7, 11) is 0. The number of anilines is 1. The molecule has 2 aromatic rings. The summed E-state index contributed by atoms with van der Waals surface area (Å²) >= 11 is 0. The van der Waals surface area contributed by atoms with Crippen LogP contribution in [-0.4, -0.2) is 11.1 Å². The maximum absolute atomic E-state index is 13.8. The van der Waals surface area contributed by atoms with Gasteiger partial charge in [-0.25, -0.2) is 15.2 Å². The van der Waals surface area contributed by atoms with E-state index in [0.717, 1.165) is 12.3 Å². The molecule has 1 aliphatic carbocycles. The summed E-state index contributed by atoms with van der Waals surface area (Å²) in [5, 5.41) is 9.20. The molecule has 9 heteroatoms. The van der Waals surface area contributed by atoms with Gasteiger partial charge in [-0.2, -0.15) is 18.4 Å². The lowest BCUT2D eigenvalue weighted by Crippen LogP contribution is -2.47. The van der Waals surface area contributed by atoms with Crippen LogP contribution in [0, 0.1) is 24.1 Å². The summed E-state index contributed by atoms with van der Waals surface area (Å²) in [5.74, 6) is 3.81. The fraction of sp³-hybridized carbons (Fsp3) is 0.368. The van der Waals surface area contributed by atoms with Gasteiger partial charge in [-0.3, -0.25) is 0 Å². The monoisotopic (exact) mass is 394 g/mol. The van der Waals surface area contributed by atoms with Crippen molar-refractivity contribution in [2.75, 3.05) is 5.43 Å². The molecule has 1 aromatic carbocycles. The third-order valence-electron chi connectivity index (χ3n) is 4.94. The number of alkyl halides is 3. The highest BCUT2D eigenvalue weighted by Crippen LogP contribution is 2.49. The molecule has 148 valence electrons. The van der Waals surface area contributed by atoms with Crippen LogP contribution in [-0.2, 0) is 11.6 Å². The molecule has 1 heterocycles. The number of hydrogen-bond donors (Lipinski definition) is 2. The lowest BCUT2D eigenvalue weighted by molar-refractivity contribution is -0.139. The number of ether oxygens (including phenoxy) is 1. The van der Waals surface area contributed by atoms with Crippen LogP contribution in [0.1, 0.15) is 36.0 Å². The molecule has 0 saturated heterocycles. The zero-order valence-electron chi connectivity index (χ0n) is 15.0. The van der Waals surface area contributed by atoms with Gasteiger partial charge in [0.1, 0.15) is 23.2 Å². The van der Waals surface area contributed by atoms with Gasteiger partial charge >= 0.3 is 6.18 Å². The Balaban J connectivity index is 1.85. The molecule has 1 saturated carbocycles. The van der Waals surface area contributed by atoms with Crippen LogP contribution in [0.15, 0.2) is 30.5 Å². The number of rotatable bonds is 5. The average Bonchev–Trinajstić information content (AvgIpc) is 2.57. The summed E-state index contributed by atoms with van der Waals surface area (Å²) in [6.45, 7) is 1.74. The van der Waals surface area contributed by atoms with Gasteiger partial charge in [0.15, 0.2) is 5.82 Å². The number of pyridine rings is 1. The van der Waals surface area contributed by atoms with Crippen molar-refractivity contribution in [2.45, 2.75) is 43.9 Å². The molecule has 0 atom stereocenters. The molecule has 0 radical (unpaired) electrons. The number of hydrazine groups is 1. The molecule has 3 N–H and O–H groups in total. The average molecular weight is 394 g/mol. The van der Waals surface area contributed by atoms with Crippen molar-refractivity contribution in [1.82, 2.24) is 4.98 Å². The number of aromatic nitrogens is 1. The van der Waals surface area contributed by atoms with Gasteiger partial charge in [-0.1, -0.05) is 6.07 Å². The minimum absolute atomic E-state index is 0.119. The van der Waals surface area contributed by atoms with Crippen molar-refractivity contribution >= 4 is 5.82 Å². The van der Waals surface area contributed by atoms with Gasteiger partial charge in [0.25, 0.3) is 0 Å². The van der Waals surface area contributed by atoms with E-state index < -0.39 is 34.9 Å². The predicted molar refractivity (Wildman–Crippen MR) is 93.7 cm³/mol. The first-order chi connectivity index (χ1) is 13.2. The van der Waals surface area contributed by atoms with E-state index in [2.05, 4.69) is 11.1 Å². The van der Waals surface area contributed by atoms with Crippen LogP contribution in [0.5, 0.6) is 5.75 Å². The molecule has 28 heavy (non-hydrogen) atoms. The van der Waals surface area contributed by atoms with Gasteiger partial charge in [0.2, 0.25) is 0 Å². The number of nitrogens with two attached hydrogens (primary N) is 1. The third kappa shape index (κ3) is 3.73. The van der Waals surface area contributed by atoms with Crippen LogP contribution in [0.4, 0.5) is 23.4 Å². The molecule has 0 unspecified atom stereocenters. The second-order valence-electron chi connectivity index (χ2n) is 6.96. The lowest BCUT2D eigenvalue weighted by atomic mass is 9.61. The number of aryl methyl sites for hydroxylation is 1. The minimum atomic E-state index is -4.71. The summed E-state index contributed by atoms with van der Waals surface area (Å²) in [5.41, 5.74) is 1.56. The molecule has 5 nitrogen and oxygen atoms in total. The Morgan fingerprint density at radius 1 is 1.36 bits per heavy atom. The predicted octanol–water partition coefficient (Wildman–Crippen LogP) is 4.23. The zero-order chi connectivity index (χ0) is 20.5. The Labute approximate surface area is 159 Å². The van der Waals surface area contributed by atoms with Crippen LogP contribution in [0.3, 0.4) is 0 Å². The highest BCUT2D eigenvalue weighted by atomic mass is 19.4. The van der Waals surface area contributed by atoms with Crippen LogP contribution < -0.4 is 16.0 Å². The first kappa shape index (κ1) is 19.9. The second-order valence-corrected chi connectivity index (χ2v) is 6.96. The molecule has 3 rings (SSSR count). The fourth-order valence-electron chi connectivity index (χ4n) is 3.68. The maximum atomic E-state index is 13.8. The molecule has 1 fully saturated rings. The molecular formula is C19H18F4N4O. The first-order valence-electron chi connectivity index (χ1n) is 8.52. The van der Waals surface area contributed by atoms with Gasteiger partial charge in [-0.05, 0) is 49.1 Å². The van der Waals surface area contributed by atoms with Crippen molar-refractivity contribution in [2.24, 2.45) is 5.84 Å². The first-order valence-corrected chi connectivity index (χ1v) is 8.52.